The first-order chi connectivity index (χ1) is 8.66. The number of aromatic nitrogens is 1. The van der Waals surface area contributed by atoms with Crippen LogP contribution in [0.2, 0.25) is 0 Å². The van der Waals surface area contributed by atoms with Crippen LogP contribution < -0.4 is 0 Å². The maximum Gasteiger partial charge on any atom is 0.166 e. The smallest absolute Gasteiger partial charge is 0.166 e. The van der Waals surface area contributed by atoms with E-state index in [0.29, 0.717) is 5.92 Å². The SMILES string of the molecule is CC(C)C(=O)c1cc(C2CC2)nc2ccccc12. The van der Waals surface area contributed by atoms with Gasteiger partial charge < -0.3 is 0 Å². The van der Waals surface area contributed by atoms with Gasteiger partial charge in [-0.15, -0.1) is 0 Å². The van der Waals surface area contributed by atoms with Crippen LogP contribution in [-0.4, -0.2) is 10.8 Å². The van der Waals surface area contributed by atoms with Gasteiger partial charge in [-0.25, -0.2) is 0 Å². The van der Waals surface area contributed by atoms with Crippen LogP contribution in [0.3, 0.4) is 0 Å². The third-order valence-electron chi connectivity index (χ3n) is 3.52. The van der Waals surface area contributed by atoms with E-state index in [-0.39, 0.29) is 11.7 Å². The average molecular weight is 239 g/mol. The Morgan fingerprint density at radius 1 is 1.28 bits per heavy atom. The summed E-state index contributed by atoms with van der Waals surface area (Å²) in [5.74, 6) is 0.826. The highest BCUT2D eigenvalue weighted by atomic mass is 16.1. The van der Waals surface area contributed by atoms with E-state index in [0.717, 1.165) is 22.2 Å². The first-order valence-electron chi connectivity index (χ1n) is 6.60. The molecule has 1 aromatic carbocycles. The average Bonchev–Trinajstić information content (AvgIpc) is 3.20. The molecule has 1 fully saturated rings. The number of ketones is 1. The van der Waals surface area contributed by atoms with Crippen LogP contribution in [0.1, 0.15) is 48.7 Å². The molecule has 1 saturated carbocycles. The van der Waals surface area contributed by atoms with Crippen LogP contribution in [0.15, 0.2) is 30.3 Å². The molecule has 3 rings (SSSR count). The molecule has 0 radical (unpaired) electrons. The van der Waals surface area contributed by atoms with E-state index >= 15 is 0 Å². The lowest BCUT2D eigenvalue weighted by Crippen LogP contribution is -2.09. The lowest BCUT2D eigenvalue weighted by molar-refractivity contribution is 0.0941. The summed E-state index contributed by atoms with van der Waals surface area (Å²) in [6.07, 6.45) is 2.42. The van der Waals surface area contributed by atoms with Crippen molar-refractivity contribution in [2.24, 2.45) is 5.92 Å². The summed E-state index contributed by atoms with van der Waals surface area (Å²) in [6.45, 7) is 3.91. The Labute approximate surface area is 107 Å². The molecular formula is C16H17NO. The molecule has 0 atom stereocenters. The minimum Gasteiger partial charge on any atom is -0.294 e. The third-order valence-corrected chi connectivity index (χ3v) is 3.52. The van der Waals surface area contributed by atoms with Gasteiger partial charge in [0.15, 0.2) is 5.78 Å². The minimum atomic E-state index is 0.0304. The fourth-order valence-electron chi connectivity index (χ4n) is 2.30. The van der Waals surface area contributed by atoms with E-state index in [1.165, 1.54) is 12.8 Å². The Hall–Kier alpha value is -1.70. The molecule has 1 aromatic heterocycles. The molecule has 0 unspecified atom stereocenters. The van der Waals surface area contributed by atoms with Crippen molar-refractivity contribution in [1.82, 2.24) is 4.98 Å². The predicted octanol–water partition coefficient (Wildman–Crippen LogP) is 3.95. The fourth-order valence-corrected chi connectivity index (χ4v) is 2.30. The predicted molar refractivity (Wildman–Crippen MR) is 72.9 cm³/mol. The maximum atomic E-state index is 12.3. The van der Waals surface area contributed by atoms with Crippen molar-refractivity contribution >= 4 is 16.7 Å². The Kier molecular flexibility index (Phi) is 2.66. The van der Waals surface area contributed by atoms with Crippen LogP contribution in [0.5, 0.6) is 0 Å². The molecule has 0 aliphatic heterocycles. The second-order valence-electron chi connectivity index (χ2n) is 5.41. The van der Waals surface area contributed by atoms with Gasteiger partial charge in [-0.05, 0) is 25.0 Å². The van der Waals surface area contributed by atoms with E-state index < -0.39 is 0 Å². The van der Waals surface area contributed by atoms with Crippen molar-refractivity contribution in [1.29, 1.82) is 0 Å². The van der Waals surface area contributed by atoms with Crippen molar-refractivity contribution in [3.05, 3.63) is 41.6 Å². The number of carbonyl (C=O) groups is 1. The van der Waals surface area contributed by atoms with E-state index in [4.69, 9.17) is 0 Å². The van der Waals surface area contributed by atoms with E-state index in [1.54, 1.807) is 0 Å². The zero-order valence-corrected chi connectivity index (χ0v) is 10.8. The summed E-state index contributed by atoms with van der Waals surface area (Å²) in [4.78, 5) is 17.0. The van der Waals surface area contributed by atoms with E-state index in [1.807, 2.05) is 44.2 Å². The second kappa shape index (κ2) is 4.20. The Morgan fingerprint density at radius 3 is 2.67 bits per heavy atom. The van der Waals surface area contributed by atoms with Crippen molar-refractivity contribution < 1.29 is 4.79 Å². The standard InChI is InChI=1S/C16H17NO/c1-10(2)16(18)13-9-15(11-7-8-11)17-14-6-4-3-5-12(13)14/h3-6,9-11H,7-8H2,1-2H3. The molecule has 0 saturated heterocycles. The first kappa shape index (κ1) is 11.4. The molecule has 18 heavy (non-hydrogen) atoms. The van der Waals surface area contributed by atoms with Gasteiger partial charge in [-0.1, -0.05) is 32.0 Å². The van der Waals surface area contributed by atoms with Crippen LogP contribution in [-0.2, 0) is 0 Å². The number of rotatable bonds is 3. The molecule has 0 amide bonds. The van der Waals surface area contributed by atoms with Gasteiger partial charge >= 0.3 is 0 Å². The largest absolute Gasteiger partial charge is 0.294 e. The summed E-state index contributed by atoms with van der Waals surface area (Å²) >= 11 is 0. The summed E-state index contributed by atoms with van der Waals surface area (Å²) in [5, 5.41) is 0.987. The Bertz CT molecular complexity index is 612. The van der Waals surface area contributed by atoms with Crippen molar-refractivity contribution in [3.8, 4) is 0 Å². The number of carbonyl (C=O) groups excluding carboxylic acids is 1. The van der Waals surface area contributed by atoms with Gasteiger partial charge in [0.1, 0.15) is 0 Å². The first-order valence-corrected chi connectivity index (χ1v) is 6.60. The molecule has 0 N–H and O–H groups in total. The van der Waals surface area contributed by atoms with Gasteiger partial charge in [0, 0.05) is 28.5 Å². The molecule has 92 valence electrons. The summed E-state index contributed by atoms with van der Waals surface area (Å²) in [6, 6.07) is 9.96. The van der Waals surface area contributed by atoms with Crippen LogP contribution in [0, 0.1) is 5.92 Å². The molecule has 0 spiro atoms. The van der Waals surface area contributed by atoms with Crippen molar-refractivity contribution in [2.75, 3.05) is 0 Å². The summed E-state index contributed by atoms with van der Waals surface area (Å²) in [7, 11) is 0. The molecule has 2 aromatic rings. The van der Waals surface area contributed by atoms with Gasteiger partial charge in [-0.3, -0.25) is 9.78 Å². The number of pyridine rings is 1. The maximum absolute atomic E-state index is 12.3. The Morgan fingerprint density at radius 2 is 2.00 bits per heavy atom. The van der Waals surface area contributed by atoms with E-state index in [9.17, 15) is 4.79 Å². The topological polar surface area (TPSA) is 30.0 Å². The molecule has 2 heteroatoms. The zero-order chi connectivity index (χ0) is 12.7. The van der Waals surface area contributed by atoms with Crippen LogP contribution in [0.25, 0.3) is 10.9 Å². The van der Waals surface area contributed by atoms with Crippen LogP contribution >= 0.6 is 0 Å². The molecule has 1 heterocycles. The second-order valence-corrected chi connectivity index (χ2v) is 5.41. The number of fused-ring (bicyclic) bond motifs is 1. The van der Waals surface area contributed by atoms with Crippen LogP contribution in [0.4, 0.5) is 0 Å². The minimum absolute atomic E-state index is 0.0304. The summed E-state index contributed by atoms with van der Waals surface area (Å²) < 4.78 is 0. The fraction of sp³-hybridized carbons (Fsp3) is 0.375. The van der Waals surface area contributed by atoms with E-state index in [2.05, 4.69) is 4.98 Å². The number of hydrogen-bond donors (Lipinski definition) is 0. The van der Waals surface area contributed by atoms with Crippen molar-refractivity contribution in [3.63, 3.8) is 0 Å². The molecular weight excluding hydrogens is 222 g/mol. The Balaban J connectivity index is 2.22. The van der Waals surface area contributed by atoms with Gasteiger partial charge in [0.05, 0.1) is 5.52 Å². The van der Waals surface area contributed by atoms with Crippen molar-refractivity contribution in [2.45, 2.75) is 32.6 Å². The number of benzene rings is 1. The lowest BCUT2D eigenvalue weighted by Gasteiger charge is -2.10. The quantitative estimate of drug-likeness (QED) is 0.759. The highest BCUT2D eigenvalue weighted by molar-refractivity contribution is 6.08. The normalized spacial score (nSPS) is 15.3. The third kappa shape index (κ3) is 1.92. The number of Topliss-reactive ketones (excluding diaryl/α,β-unsaturated/α-hetero) is 1. The monoisotopic (exact) mass is 239 g/mol. The number of nitrogens with zero attached hydrogens (tertiary/aromatic N) is 1. The molecule has 1 aliphatic rings. The zero-order valence-electron chi connectivity index (χ0n) is 10.8. The number of para-hydroxylation sites is 1. The van der Waals surface area contributed by atoms with Gasteiger partial charge in [0.2, 0.25) is 0 Å². The molecule has 1 aliphatic carbocycles. The number of hydrogen-bond acceptors (Lipinski definition) is 2. The highest BCUT2D eigenvalue weighted by Gasteiger charge is 2.27. The highest BCUT2D eigenvalue weighted by Crippen LogP contribution is 2.40. The summed E-state index contributed by atoms with van der Waals surface area (Å²) in [5.41, 5.74) is 2.89. The molecule has 2 nitrogen and oxygen atoms in total. The van der Waals surface area contributed by atoms with Gasteiger partial charge in [0.25, 0.3) is 0 Å². The molecule has 0 bridgehead atoms. The van der Waals surface area contributed by atoms with Gasteiger partial charge in [-0.2, -0.15) is 0 Å². The lowest BCUT2D eigenvalue weighted by atomic mass is 9.96.